The van der Waals surface area contributed by atoms with Crippen LogP contribution in [0.15, 0.2) is 59.8 Å². The van der Waals surface area contributed by atoms with Crippen molar-refractivity contribution in [2.24, 2.45) is 7.05 Å². The summed E-state index contributed by atoms with van der Waals surface area (Å²) in [5.41, 5.74) is 4.23. The predicted molar refractivity (Wildman–Crippen MR) is 156 cm³/mol. The summed E-state index contributed by atoms with van der Waals surface area (Å²) in [6, 6.07) is 10.00. The van der Waals surface area contributed by atoms with E-state index in [9.17, 15) is 9.90 Å². The molecule has 0 amide bonds. The Balaban J connectivity index is 1.51. The Kier molecular flexibility index (Phi) is 7.18. The van der Waals surface area contributed by atoms with Crippen LogP contribution in [-0.2, 0) is 7.05 Å². The van der Waals surface area contributed by atoms with Crippen LogP contribution < -0.4 is 15.3 Å². The number of piperazine rings is 1. The molecule has 0 saturated carbocycles. The number of methoxy groups -OCH3 is 1. The number of phenols is 1. The molecule has 4 aromatic rings. The third kappa shape index (κ3) is 5.09. The number of anilines is 1. The lowest BCUT2D eigenvalue weighted by atomic mass is 9.96. The Morgan fingerprint density at radius 3 is 2.20 bits per heavy atom. The fourth-order valence-corrected chi connectivity index (χ4v) is 5.37. The molecular formula is C31H36FN5O3. The van der Waals surface area contributed by atoms with E-state index in [1.807, 2.05) is 19.1 Å². The summed E-state index contributed by atoms with van der Waals surface area (Å²) in [6.45, 7) is 11.9. The van der Waals surface area contributed by atoms with Crippen molar-refractivity contribution in [3.05, 3.63) is 76.9 Å². The number of hydrogen-bond donors (Lipinski definition) is 1. The van der Waals surface area contributed by atoms with Crippen LogP contribution >= 0.6 is 0 Å². The Labute approximate surface area is 233 Å². The van der Waals surface area contributed by atoms with Crippen molar-refractivity contribution in [3.8, 4) is 39.6 Å². The molecule has 8 nitrogen and oxygen atoms in total. The molecule has 40 heavy (non-hydrogen) atoms. The monoisotopic (exact) mass is 545 g/mol. The van der Waals surface area contributed by atoms with Crippen LogP contribution in [0.1, 0.15) is 26.3 Å². The maximum Gasteiger partial charge on any atom is 0.332 e. The molecule has 210 valence electrons. The van der Waals surface area contributed by atoms with E-state index in [1.165, 1.54) is 16.7 Å². The molecule has 0 aliphatic carbocycles. The standard InChI is InChI=1S/C31H36FN5O3/c1-20-15-21(7-8-26(20)37-14-9-34(5)30(37)39)24-17-23(32)18-25(28(24)38)22-16-27(29(40-6)33-19-22)35-10-12-36(13-11-35)31(2,3)4/h7-9,14-19,38H,10-13H2,1-6H3. The Morgan fingerprint density at radius 2 is 1.62 bits per heavy atom. The second kappa shape index (κ2) is 10.5. The van der Waals surface area contributed by atoms with Gasteiger partial charge in [-0.25, -0.2) is 14.2 Å². The highest BCUT2D eigenvalue weighted by atomic mass is 19.1. The minimum Gasteiger partial charge on any atom is -0.507 e. The predicted octanol–water partition coefficient (Wildman–Crippen LogP) is 4.99. The summed E-state index contributed by atoms with van der Waals surface area (Å²) < 4.78 is 23.6. The van der Waals surface area contributed by atoms with Gasteiger partial charge in [-0.1, -0.05) is 6.07 Å². The van der Waals surface area contributed by atoms with Gasteiger partial charge in [0.1, 0.15) is 17.3 Å². The summed E-state index contributed by atoms with van der Waals surface area (Å²) in [6.07, 6.45) is 5.00. The van der Waals surface area contributed by atoms with E-state index in [0.717, 1.165) is 43.1 Å². The lowest BCUT2D eigenvalue weighted by Crippen LogP contribution is -2.53. The van der Waals surface area contributed by atoms with Gasteiger partial charge in [-0.2, -0.15) is 0 Å². The van der Waals surface area contributed by atoms with Gasteiger partial charge >= 0.3 is 5.69 Å². The number of rotatable bonds is 5. The van der Waals surface area contributed by atoms with Gasteiger partial charge in [0.15, 0.2) is 0 Å². The Morgan fingerprint density at radius 1 is 0.950 bits per heavy atom. The van der Waals surface area contributed by atoms with Crippen LogP contribution in [0.25, 0.3) is 27.9 Å². The Hall–Kier alpha value is -4.11. The molecule has 0 spiro atoms. The number of aromatic hydroxyl groups is 1. The molecule has 5 rings (SSSR count). The first-order valence-electron chi connectivity index (χ1n) is 13.4. The maximum absolute atomic E-state index is 15.0. The molecule has 1 N–H and O–H groups in total. The average Bonchev–Trinajstić information content (AvgIpc) is 3.26. The average molecular weight is 546 g/mol. The van der Waals surface area contributed by atoms with Gasteiger partial charge < -0.3 is 19.3 Å². The van der Waals surface area contributed by atoms with Crippen molar-refractivity contribution in [2.75, 3.05) is 38.2 Å². The number of pyridine rings is 1. The van der Waals surface area contributed by atoms with Crippen molar-refractivity contribution >= 4 is 5.69 Å². The van der Waals surface area contributed by atoms with Crippen molar-refractivity contribution in [2.45, 2.75) is 33.2 Å². The molecule has 0 atom stereocenters. The molecule has 9 heteroatoms. The zero-order chi connectivity index (χ0) is 28.8. The van der Waals surface area contributed by atoms with Crippen LogP contribution in [0.3, 0.4) is 0 Å². The van der Waals surface area contributed by atoms with Gasteiger partial charge in [0.25, 0.3) is 0 Å². The summed E-state index contributed by atoms with van der Waals surface area (Å²) in [7, 11) is 3.28. The van der Waals surface area contributed by atoms with Gasteiger partial charge in [0, 0.05) is 74.0 Å². The normalized spacial score (nSPS) is 14.5. The third-order valence-electron chi connectivity index (χ3n) is 7.69. The van der Waals surface area contributed by atoms with Gasteiger partial charge in [-0.05, 0) is 69.2 Å². The molecule has 1 aliphatic rings. The van der Waals surface area contributed by atoms with E-state index >= 15 is 4.39 Å². The summed E-state index contributed by atoms with van der Waals surface area (Å²) in [5.74, 6) is -0.0210. The van der Waals surface area contributed by atoms with Gasteiger partial charge in [0.2, 0.25) is 5.88 Å². The molecule has 1 aliphatic heterocycles. The van der Waals surface area contributed by atoms with Crippen molar-refractivity contribution in [3.63, 3.8) is 0 Å². The fraction of sp³-hybridized carbons (Fsp3) is 0.355. The van der Waals surface area contributed by atoms with E-state index < -0.39 is 5.82 Å². The largest absolute Gasteiger partial charge is 0.507 e. The van der Waals surface area contributed by atoms with Gasteiger partial charge in [-0.3, -0.25) is 9.47 Å². The molecule has 1 saturated heterocycles. The molecule has 0 bridgehead atoms. The van der Waals surface area contributed by atoms with Crippen molar-refractivity contribution in [1.29, 1.82) is 0 Å². The minimum atomic E-state index is -0.472. The summed E-state index contributed by atoms with van der Waals surface area (Å²) in [4.78, 5) is 21.6. The molecular weight excluding hydrogens is 509 g/mol. The number of imidazole rings is 1. The summed E-state index contributed by atoms with van der Waals surface area (Å²) in [5, 5.41) is 11.4. The smallest absolute Gasteiger partial charge is 0.332 e. The van der Waals surface area contributed by atoms with Crippen LogP contribution in [0.5, 0.6) is 11.6 Å². The van der Waals surface area contributed by atoms with Crippen molar-refractivity contribution in [1.82, 2.24) is 19.0 Å². The third-order valence-corrected chi connectivity index (χ3v) is 7.69. The second-order valence-corrected chi connectivity index (χ2v) is 11.3. The molecule has 1 fully saturated rings. The first-order chi connectivity index (χ1) is 19.0. The van der Waals surface area contributed by atoms with Gasteiger partial charge in [0.05, 0.1) is 12.8 Å². The maximum atomic E-state index is 15.0. The quantitative estimate of drug-likeness (QED) is 0.381. The number of hydrogen-bond acceptors (Lipinski definition) is 6. The zero-order valence-corrected chi connectivity index (χ0v) is 23.9. The minimum absolute atomic E-state index is 0.0408. The number of ether oxygens (including phenoxy) is 1. The number of aryl methyl sites for hydroxylation is 2. The topological polar surface area (TPSA) is 75.8 Å². The number of halogens is 1. The SMILES string of the molecule is COc1ncc(-c2cc(F)cc(-c3ccc(-n4ccn(C)c4=O)c(C)c3)c2O)cc1N1CCN(C(C)(C)C)CC1. The van der Waals surface area contributed by atoms with Crippen molar-refractivity contribution < 1.29 is 14.2 Å². The first-order valence-corrected chi connectivity index (χ1v) is 13.4. The molecule has 3 heterocycles. The fourth-order valence-electron chi connectivity index (χ4n) is 5.37. The van der Waals surface area contributed by atoms with E-state index in [2.05, 4.69) is 35.6 Å². The van der Waals surface area contributed by atoms with Crippen LogP contribution in [0.4, 0.5) is 10.1 Å². The highest BCUT2D eigenvalue weighted by Gasteiger charge is 2.28. The highest BCUT2D eigenvalue weighted by Crippen LogP contribution is 2.41. The number of nitrogens with zero attached hydrogens (tertiary/aromatic N) is 5. The number of benzene rings is 2. The number of phenolic OH excluding ortho intramolecular Hbond substituents is 1. The number of aromatic nitrogens is 3. The zero-order valence-electron chi connectivity index (χ0n) is 23.9. The van der Waals surface area contributed by atoms with Gasteiger partial charge in [-0.15, -0.1) is 0 Å². The van der Waals surface area contributed by atoms with E-state index in [0.29, 0.717) is 28.1 Å². The molecule has 0 unspecified atom stereocenters. The molecule has 0 radical (unpaired) electrons. The van der Waals surface area contributed by atoms with Crippen LogP contribution in [0.2, 0.25) is 0 Å². The first kappa shape index (κ1) is 27.5. The highest BCUT2D eigenvalue weighted by molar-refractivity contribution is 5.84. The van der Waals surface area contributed by atoms with E-state index in [1.54, 1.807) is 49.4 Å². The molecule has 2 aromatic carbocycles. The lowest BCUT2D eigenvalue weighted by Gasteiger charge is -2.43. The molecule has 2 aromatic heterocycles. The van der Waals surface area contributed by atoms with Crippen LogP contribution in [0, 0.1) is 12.7 Å². The second-order valence-electron chi connectivity index (χ2n) is 11.3. The van der Waals surface area contributed by atoms with E-state index in [4.69, 9.17) is 4.74 Å². The van der Waals surface area contributed by atoms with E-state index in [-0.39, 0.29) is 17.0 Å². The summed E-state index contributed by atoms with van der Waals surface area (Å²) >= 11 is 0. The van der Waals surface area contributed by atoms with Crippen LogP contribution in [-0.4, -0.2) is 63.0 Å². The lowest BCUT2D eigenvalue weighted by molar-refractivity contribution is 0.128. The Bertz CT molecular complexity index is 1610.